The number of amides is 1. The summed E-state index contributed by atoms with van der Waals surface area (Å²) >= 11 is 3.00. The number of hydrogen-bond donors (Lipinski definition) is 1. The van der Waals surface area contributed by atoms with Gasteiger partial charge in [0.15, 0.2) is 5.69 Å². The van der Waals surface area contributed by atoms with Crippen LogP contribution >= 0.6 is 15.9 Å². The molecule has 0 saturated heterocycles. The Balaban J connectivity index is 2.24. The molecule has 1 amide bonds. The van der Waals surface area contributed by atoms with Gasteiger partial charge in [-0.1, -0.05) is 0 Å². The van der Waals surface area contributed by atoms with Crippen LogP contribution in [0, 0.1) is 15.9 Å². The van der Waals surface area contributed by atoms with E-state index in [-0.39, 0.29) is 21.7 Å². The first-order chi connectivity index (χ1) is 9.40. The number of halogens is 2. The van der Waals surface area contributed by atoms with Crippen LogP contribution in [0.4, 0.5) is 15.9 Å². The highest BCUT2D eigenvalue weighted by Crippen LogP contribution is 2.21. The zero-order valence-electron chi connectivity index (χ0n) is 10.3. The van der Waals surface area contributed by atoms with E-state index in [1.807, 2.05) is 0 Å². The molecule has 2 rings (SSSR count). The van der Waals surface area contributed by atoms with E-state index in [9.17, 15) is 19.3 Å². The number of hydrogen-bond acceptors (Lipinski definition) is 3. The topological polar surface area (TPSA) is 77.2 Å². The second kappa shape index (κ2) is 5.41. The number of carbonyl (C=O) groups excluding carboxylic acids is 1. The third kappa shape index (κ3) is 2.69. The molecular formula is C12H9BrFN3O3. The molecule has 6 nitrogen and oxygen atoms in total. The third-order valence-electron chi connectivity index (χ3n) is 2.69. The van der Waals surface area contributed by atoms with Crippen LogP contribution in [0.25, 0.3) is 0 Å². The highest BCUT2D eigenvalue weighted by Gasteiger charge is 2.20. The van der Waals surface area contributed by atoms with Crippen molar-refractivity contribution < 1.29 is 14.1 Å². The van der Waals surface area contributed by atoms with Crippen molar-refractivity contribution in [1.29, 1.82) is 0 Å². The van der Waals surface area contributed by atoms with Crippen LogP contribution in [-0.4, -0.2) is 15.4 Å². The van der Waals surface area contributed by atoms with E-state index >= 15 is 0 Å². The van der Waals surface area contributed by atoms with Crippen molar-refractivity contribution in [3.8, 4) is 0 Å². The summed E-state index contributed by atoms with van der Waals surface area (Å²) in [5.74, 6) is -1.26. The van der Waals surface area contributed by atoms with E-state index in [1.54, 1.807) is 0 Å². The molecule has 104 valence electrons. The van der Waals surface area contributed by atoms with Crippen molar-refractivity contribution >= 4 is 33.3 Å². The molecule has 0 saturated carbocycles. The lowest BCUT2D eigenvalue weighted by molar-refractivity contribution is -0.391. The quantitative estimate of drug-likeness (QED) is 0.688. The molecule has 0 aliphatic rings. The molecule has 0 aliphatic heterocycles. The number of nitrogens with zero attached hydrogens (tertiary/aromatic N) is 2. The van der Waals surface area contributed by atoms with E-state index < -0.39 is 16.6 Å². The molecule has 8 heteroatoms. The summed E-state index contributed by atoms with van der Waals surface area (Å²) in [5, 5.41) is 13.2. The maximum absolute atomic E-state index is 13.3. The van der Waals surface area contributed by atoms with Gasteiger partial charge in [0.05, 0.1) is 11.5 Å². The molecule has 1 aromatic heterocycles. The average Bonchev–Trinajstić information content (AvgIpc) is 2.76. The number of aromatic nitrogens is 1. The molecule has 0 unspecified atom stereocenters. The smallest absolute Gasteiger partial charge is 0.323 e. The van der Waals surface area contributed by atoms with Gasteiger partial charge < -0.3 is 15.4 Å². The molecule has 0 bridgehead atoms. The molecule has 1 aromatic carbocycles. The second-order valence-corrected chi connectivity index (χ2v) is 4.83. The van der Waals surface area contributed by atoms with Crippen molar-refractivity contribution in [2.24, 2.45) is 7.05 Å². The SMILES string of the molecule is Cn1c(C(=O)Nc2ccc(Br)c(F)c2)ccc1[N+](=O)[O-]. The van der Waals surface area contributed by atoms with Crippen LogP contribution in [0.5, 0.6) is 0 Å². The van der Waals surface area contributed by atoms with Crippen molar-refractivity contribution in [1.82, 2.24) is 4.57 Å². The van der Waals surface area contributed by atoms with Gasteiger partial charge in [-0.2, -0.15) is 0 Å². The predicted octanol–water partition coefficient (Wildman–Crippen LogP) is 3.09. The zero-order valence-corrected chi connectivity index (χ0v) is 11.8. The van der Waals surface area contributed by atoms with Crippen molar-refractivity contribution in [2.45, 2.75) is 0 Å². The van der Waals surface area contributed by atoms with Gasteiger partial charge in [-0.3, -0.25) is 4.79 Å². The Morgan fingerprint density at radius 1 is 1.40 bits per heavy atom. The Hall–Kier alpha value is -2.22. The first kappa shape index (κ1) is 14.2. The lowest BCUT2D eigenvalue weighted by Gasteiger charge is -2.05. The summed E-state index contributed by atoms with van der Waals surface area (Å²) in [7, 11) is 1.41. The number of anilines is 1. The van der Waals surface area contributed by atoms with Crippen LogP contribution < -0.4 is 5.32 Å². The summed E-state index contributed by atoms with van der Waals surface area (Å²) in [6.07, 6.45) is 0. The largest absolute Gasteiger partial charge is 0.358 e. The first-order valence-corrected chi connectivity index (χ1v) is 6.26. The minimum atomic E-state index is -0.587. The van der Waals surface area contributed by atoms with E-state index in [2.05, 4.69) is 21.2 Å². The monoisotopic (exact) mass is 341 g/mol. The number of nitrogens with one attached hydrogen (secondary N) is 1. The van der Waals surface area contributed by atoms with Gasteiger partial charge in [0.25, 0.3) is 5.91 Å². The lowest BCUT2D eigenvalue weighted by Crippen LogP contribution is -2.16. The normalized spacial score (nSPS) is 10.3. The van der Waals surface area contributed by atoms with Gasteiger partial charge in [-0.15, -0.1) is 0 Å². The number of benzene rings is 1. The van der Waals surface area contributed by atoms with Crippen LogP contribution in [0.2, 0.25) is 0 Å². The fourth-order valence-electron chi connectivity index (χ4n) is 1.68. The van der Waals surface area contributed by atoms with E-state index in [4.69, 9.17) is 0 Å². The van der Waals surface area contributed by atoms with Crippen molar-refractivity contribution in [2.75, 3.05) is 5.32 Å². The lowest BCUT2D eigenvalue weighted by atomic mass is 10.3. The van der Waals surface area contributed by atoms with E-state index in [1.165, 1.54) is 31.3 Å². The van der Waals surface area contributed by atoms with Crippen LogP contribution in [-0.2, 0) is 7.05 Å². The Morgan fingerprint density at radius 2 is 2.10 bits per heavy atom. The Kier molecular flexibility index (Phi) is 3.84. The average molecular weight is 342 g/mol. The Labute approximate surface area is 121 Å². The number of nitro groups is 1. The maximum atomic E-state index is 13.3. The minimum Gasteiger partial charge on any atom is -0.358 e. The molecule has 0 aliphatic carbocycles. The summed E-state index contributed by atoms with van der Waals surface area (Å²) in [6.45, 7) is 0. The highest BCUT2D eigenvalue weighted by atomic mass is 79.9. The molecule has 1 heterocycles. The van der Waals surface area contributed by atoms with E-state index in [0.717, 1.165) is 10.6 Å². The van der Waals surface area contributed by atoms with Crippen LogP contribution in [0.3, 0.4) is 0 Å². The van der Waals surface area contributed by atoms with E-state index in [0.29, 0.717) is 0 Å². The summed E-state index contributed by atoms with van der Waals surface area (Å²) in [4.78, 5) is 22.1. The summed E-state index contributed by atoms with van der Waals surface area (Å²) < 4.78 is 14.8. The van der Waals surface area contributed by atoms with Crippen LogP contribution in [0.1, 0.15) is 10.5 Å². The highest BCUT2D eigenvalue weighted by molar-refractivity contribution is 9.10. The predicted molar refractivity (Wildman–Crippen MR) is 74.1 cm³/mol. The van der Waals surface area contributed by atoms with Gasteiger partial charge in [0.2, 0.25) is 0 Å². The fourth-order valence-corrected chi connectivity index (χ4v) is 1.93. The minimum absolute atomic E-state index is 0.111. The molecule has 2 aromatic rings. The van der Waals surface area contributed by atoms with Crippen LogP contribution in [0.15, 0.2) is 34.8 Å². The molecule has 0 spiro atoms. The van der Waals surface area contributed by atoms with Gasteiger partial charge in [0, 0.05) is 11.8 Å². The standard InChI is InChI=1S/C12H9BrFN3O3/c1-16-10(4-5-11(16)17(19)20)12(18)15-7-2-3-8(13)9(14)6-7/h2-6H,1H3,(H,15,18). The molecule has 20 heavy (non-hydrogen) atoms. The zero-order chi connectivity index (χ0) is 14.9. The van der Waals surface area contributed by atoms with Gasteiger partial charge in [0.1, 0.15) is 5.82 Å². The maximum Gasteiger partial charge on any atom is 0.323 e. The van der Waals surface area contributed by atoms with Gasteiger partial charge in [-0.25, -0.2) is 8.96 Å². The number of rotatable bonds is 3. The Morgan fingerprint density at radius 3 is 2.65 bits per heavy atom. The van der Waals surface area contributed by atoms with Gasteiger partial charge >= 0.3 is 5.82 Å². The molecule has 0 radical (unpaired) electrons. The summed E-state index contributed by atoms with van der Waals surface area (Å²) in [6, 6.07) is 6.69. The van der Waals surface area contributed by atoms with Gasteiger partial charge in [-0.05, 0) is 45.1 Å². The molecular weight excluding hydrogens is 333 g/mol. The van der Waals surface area contributed by atoms with Crippen molar-refractivity contribution in [3.05, 3.63) is 56.4 Å². The summed E-state index contributed by atoms with van der Waals surface area (Å²) in [5.41, 5.74) is 0.375. The fraction of sp³-hybridized carbons (Fsp3) is 0.0833. The van der Waals surface area contributed by atoms with Crippen molar-refractivity contribution in [3.63, 3.8) is 0 Å². The molecule has 1 N–H and O–H groups in total. The Bertz CT molecular complexity index is 699. The number of carbonyl (C=O) groups is 1. The molecule has 0 fully saturated rings. The second-order valence-electron chi connectivity index (χ2n) is 3.98. The molecule has 0 atom stereocenters. The first-order valence-electron chi connectivity index (χ1n) is 5.46. The third-order valence-corrected chi connectivity index (χ3v) is 3.34.